The van der Waals surface area contributed by atoms with E-state index in [1.165, 1.54) is 7.05 Å². The molecular weight excluding hydrogens is 306 g/mol. The fourth-order valence-electron chi connectivity index (χ4n) is 1.53. The van der Waals surface area contributed by atoms with Crippen molar-refractivity contribution in [2.24, 2.45) is 0 Å². The fourth-order valence-corrected chi connectivity index (χ4v) is 1.53. The average molecular weight is 314 g/mol. The van der Waals surface area contributed by atoms with Crippen molar-refractivity contribution >= 4 is 11.6 Å². The second-order valence-electron chi connectivity index (χ2n) is 3.91. The second-order valence-corrected chi connectivity index (χ2v) is 3.91. The van der Waals surface area contributed by atoms with E-state index in [4.69, 9.17) is 0 Å². The van der Waals surface area contributed by atoms with Crippen molar-refractivity contribution in [1.29, 1.82) is 0 Å². The Morgan fingerprint density at radius 3 is 2.38 bits per heavy atom. The average Bonchev–Trinajstić information content (AvgIpc) is 2.77. The summed E-state index contributed by atoms with van der Waals surface area (Å²) < 4.78 is 79.6. The molecule has 2 heterocycles. The van der Waals surface area contributed by atoms with Gasteiger partial charge < -0.3 is 10.1 Å². The number of aromatic nitrogens is 3. The summed E-state index contributed by atoms with van der Waals surface area (Å²) in [6.45, 7) is -1.64. The summed E-state index contributed by atoms with van der Waals surface area (Å²) in [5.74, 6) is -0.627. The number of fused-ring (bicyclic) bond motifs is 1. The normalized spacial score (nSPS) is 12.7. The molecule has 2 aromatic rings. The minimum absolute atomic E-state index is 0.177. The van der Waals surface area contributed by atoms with Gasteiger partial charge in [0.05, 0.1) is 0 Å². The zero-order valence-electron chi connectivity index (χ0n) is 10.4. The van der Waals surface area contributed by atoms with Gasteiger partial charge in [-0.15, -0.1) is 5.10 Å². The predicted octanol–water partition coefficient (Wildman–Crippen LogP) is 2.73. The molecule has 0 bridgehead atoms. The molecule has 2 rings (SSSR count). The number of halogens is 6. The molecule has 0 spiro atoms. The highest BCUT2D eigenvalue weighted by Gasteiger charge is 2.36. The molecule has 0 aromatic carbocycles. The van der Waals surface area contributed by atoms with Crippen molar-refractivity contribution in [3.05, 3.63) is 17.8 Å². The van der Waals surface area contributed by atoms with E-state index in [1.807, 2.05) is 0 Å². The summed E-state index contributed by atoms with van der Waals surface area (Å²) >= 11 is 0. The van der Waals surface area contributed by atoms with Gasteiger partial charge >= 0.3 is 12.4 Å². The lowest BCUT2D eigenvalue weighted by Gasteiger charge is -2.12. The van der Waals surface area contributed by atoms with E-state index in [0.29, 0.717) is 10.6 Å². The number of ether oxygens (including phenoxy) is 1. The first-order valence-corrected chi connectivity index (χ1v) is 5.46. The highest BCUT2D eigenvalue weighted by atomic mass is 19.4. The van der Waals surface area contributed by atoms with Crippen LogP contribution in [0.2, 0.25) is 0 Å². The third kappa shape index (κ3) is 3.28. The van der Waals surface area contributed by atoms with Crippen LogP contribution in [0, 0.1) is 0 Å². The topological polar surface area (TPSA) is 51.5 Å². The number of nitrogens with zero attached hydrogens (tertiary/aromatic N) is 3. The molecule has 0 aliphatic rings. The standard InChI is InChI=1S/C10H8F6N4O/c1-17-8-18-7-5(21-4-9(11,12)13)2-3-6(10(14,15)16)20(7)19-8/h2-3H,4H2,1H3,(H,17,19). The molecule has 11 heteroatoms. The van der Waals surface area contributed by atoms with E-state index in [9.17, 15) is 26.3 Å². The molecule has 0 saturated carbocycles. The van der Waals surface area contributed by atoms with Crippen molar-refractivity contribution in [2.45, 2.75) is 12.4 Å². The summed E-state index contributed by atoms with van der Waals surface area (Å²) in [6, 6.07) is 1.35. The maximum absolute atomic E-state index is 12.8. The maximum Gasteiger partial charge on any atom is 0.433 e. The molecule has 0 aliphatic carbocycles. The number of hydrogen-bond donors (Lipinski definition) is 1. The van der Waals surface area contributed by atoms with Gasteiger partial charge in [-0.3, -0.25) is 0 Å². The van der Waals surface area contributed by atoms with E-state index < -0.39 is 36.1 Å². The molecule has 21 heavy (non-hydrogen) atoms. The molecule has 0 radical (unpaired) electrons. The van der Waals surface area contributed by atoms with E-state index in [0.717, 1.165) is 6.07 Å². The van der Waals surface area contributed by atoms with Crippen LogP contribution in [0.5, 0.6) is 5.75 Å². The van der Waals surface area contributed by atoms with Crippen molar-refractivity contribution < 1.29 is 31.1 Å². The molecule has 0 amide bonds. The van der Waals surface area contributed by atoms with Gasteiger partial charge in [-0.25, -0.2) is 4.52 Å². The van der Waals surface area contributed by atoms with E-state index >= 15 is 0 Å². The molecule has 0 saturated heterocycles. The number of hydrogen-bond acceptors (Lipinski definition) is 4. The molecule has 0 fully saturated rings. The van der Waals surface area contributed by atoms with Gasteiger partial charge in [0.15, 0.2) is 18.0 Å². The Morgan fingerprint density at radius 2 is 1.86 bits per heavy atom. The Hall–Kier alpha value is -2.20. The third-order valence-corrected chi connectivity index (χ3v) is 2.35. The predicted molar refractivity (Wildman–Crippen MR) is 59.1 cm³/mol. The van der Waals surface area contributed by atoms with Crippen LogP contribution in [0.15, 0.2) is 12.1 Å². The van der Waals surface area contributed by atoms with Crippen LogP contribution >= 0.6 is 0 Å². The van der Waals surface area contributed by atoms with Crippen LogP contribution in [-0.2, 0) is 6.18 Å². The molecule has 2 aromatic heterocycles. The zero-order valence-corrected chi connectivity index (χ0v) is 10.4. The lowest BCUT2D eigenvalue weighted by atomic mass is 10.3. The van der Waals surface area contributed by atoms with Crippen LogP contribution < -0.4 is 10.1 Å². The summed E-state index contributed by atoms with van der Waals surface area (Å²) in [6.07, 6.45) is -9.36. The van der Waals surface area contributed by atoms with Crippen molar-refractivity contribution in [2.75, 3.05) is 19.0 Å². The molecule has 0 atom stereocenters. The lowest BCUT2D eigenvalue weighted by Crippen LogP contribution is -2.20. The van der Waals surface area contributed by atoms with Gasteiger partial charge in [-0.05, 0) is 12.1 Å². The van der Waals surface area contributed by atoms with Crippen LogP contribution in [0.3, 0.4) is 0 Å². The Labute approximate surface area is 113 Å². The molecule has 5 nitrogen and oxygen atoms in total. The van der Waals surface area contributed by atoms with Crippen molar-refractivity contribution in [3.8, 4) is 5.75 Å². The Morgan fingerprint density at radius 1 is 1.19 bits per heavy atom. The van der Waals surface area contributed by atoms with Gasteiger partial charge in [-0.2, -0.15) is 31.3 Å². The van der Waals surface area contributed by atoms with Gasteiger partial charge in [-0.1, -0.05) is 0 Å². The van der Waals surface area contributed by atoms with Crippen molar-refractivity contribution in [1.82, 2.24) is 14.6 Å². The number of nitrogens with one attached hydrogen (secondary N) is 1. The minimum Gasteiger partial charge on any atom is -0.480 e. The zero-order chi connectivity index (χ0) is 15.8. The van der Waals surface area contributed by atoms with Crippen LogP contribution in [0.4, 0.5) is 32.3 Å². The van der Waals surface area contributed by atoms with E-state index in [2.05, 4.69) is 20.1 Å². The first-order chi connectivity index (χ1) is 9.62. The Bertz CT molecular complexity index is 647. The summed E-state index contributed by atoms with van der Waals surface area (Å²) in [5.41, 5.74) is -1.63. The lowest BCUT2D eigenvalue weighted by molar-refractivity contribution is -0.153. The summed E-state index contributed by atoms with van der Waals surface area (Å²) in [7, 11) is 1.36. The highest BCUT2D eigenvalue weighted by Crippen LogP contribution is 2.33. The largest absolute Gasteiger partial charge is 0.480 e. The van der Waals surface area contributed by atoms with Crippen molar-refractivity contribution in [3.63, 3.8) is 0 Å². The number of rotatable bonds is 3. The molecule has 0 unspecified atom stereocenters. The van der Waals surface area contributed by atoms with Gasteiger partial charge in [0.2, 0.25) is 5.95 Å². The van der Waals surface area contributed by atoms with E-state index in [1.54, 1.807) is 0 Å². The Balaban J connectivity index is 2.51. The second kappa shape index (κ2) is 4.97. The van der Waals surface area contributed by atoms with E-state index in [-0.39, 0.29) is 5.95 Å². The van der Waals surface area contributed by atoms with Gasteiger partial charge in [0.1, 0.15) is 5.69 Å². The number of alkyl halides is 6. The Kier molecular flexibility index (Phi) is 3.59. The minimum atomic E-state index is -4.74. The third-order valence-electron chi connectivity index (χ3n) is 2.35. The molecule has 1 N–H and O–H groups in total. The summed E-state index contributed by atoms with van der Waals surface area (Å²) in [4.78, 5) is 3.65. The summed E-state index contributed by atoms with van der Waals surface area (Å²) in [5, 5.41) is 5.92. The van der Waals surface area contributed by atoms with Gasteiger partial charge in [0, 0.05) is 7.05 Å². The fraction of sp³-hybridized carbons (Fsp3) is 0.400. The highest BCUT2D eigenvalue weighted by molar-refractivity contribution is 5.57. The van der Waals surface area contributed by atoms with Gasteiger partial charge in [0.25, 0.3) is 0 Å². The van der Waals surface area contributed by atoms with Crippen LogP contribution in [-0.4, -0.2) is 34.4 Å². The monoisotopic (exact) mass is 314 g/mol. The first kappa shape index (κ1) is 15.2. The SMILES string of the molecule is CNc1nc2c(OCC(F)(F)F)ccc(C(F)(F)F)n2n1. The molecule has 0 aliphatic heterocycles. The first-order valence-electron chi connectivity index (χ1n) is 5.46. The molecular formula is C10H8F6N4O. The smallest absolute Gasteiger partial charge is 0.433 e. The van der Waals surface area contributed by atoms with Crippen LogP contribution in [0.1, 0.15) is 5.69 Å². The molecule has 116 valence electrons. The quantitative estimate of drug-likeness (QED) is 0.885. The number of pyridine rings is 1. The van der Waals surface area contributed by atoms with Crippen LogP contribution in [0.25, 0.3) is 5.65 Å². The number of anilines is 1. The maximum atomic E-state index is 12.8.